The Bertz CT molecular complexity index is 533. The van der Waals surface area contributed by atoms with Crippen LogP contribution in [0.4, 0.5) is 0 Å². The maximum absolute atomic E-state index is 6.17. The van der Waals surface area contributed by atoms with Crippen LogP contribution in [0.3, 0.4) is 0 Å². The van der Waals surface area contributed by atoms with Gasteiger partial charge in [-0.1, -0.05) is 29.3 Å². The highest BCUT2D eigenvalue weighted by Gasteiger charge is 2.14. The molecule has 6 heteroatoms. The Balaban J connectivity index is 2.11. The number of nitrogens with zero attached hydrogens (tertiary/aromatic N) is 2. The fourth-order valence-electron chi connectivity index (χ4n) is 2.03. The predicted octanol–water partition coefficient (Wildman–Crippen LogP) is 2.34. The van der Waals surface area contributed by atoms with Crippen molar-refractivity contribution in [1.82, 2.24) is 15.2 Å². The molecule has 0 saturated carbocycles. The SMILES string of the molecule is Cn1cc(CC(Cc2c(Cl)cccc2Cl)NN)cn1. The number of rotatable bonds is 5. The van der Waals surface area contributed by atoms with E-state index >= 15 is 0 Å². The Morgan fingerprint density at radius 1 is 1.32 bits per heavy atom. The minimum Gasteiger partial charge on any atom is -0.276 e. The van der Waals surface area contributed by atoms with Crippen molar-refractivity contribution in [1.29, 1.82) is 0 Å². The Morgan fingerprint density at radius 3 is 2.53 bits per heavy atom. The third-order valence-corrected chi connectivity index (χ3v) is 3.70. The van der Waals surface area contributed by atoms with Crippen LogP contribution in [-0.2, 0) is 19.9 Å². The first-order valence-corrected chi connectivity index (χ1v) is 6.72. The molecule has 0 spiro atoms. The molecule has 0 bridgehead atoms. The summed E-state index contributed by atoms with van der Waals surface area (Å²) in [6.45, 7) is 0. The second-order valence-electron chi connectivity index (χ2n) is 4.49. The van der Waals surface area contributed by atoms with Gasteiger partial charge in [0.25, 0.3) is 0 Å². The van der Waals surface area contributed by atoms with E-state index < -0.39 is 0 Å². The molecule has 1 aromatic carbocycles. The van der Waals surface area contributed by atoms with Gasteiger partial charge in [0.2, 0.25) is 0 Å². The van der Waals surface area contributed by atoms with Crippen LogP contribution in [0.25, 0.3) is 0 Å². The second-order valence-corrected chi connectivity index (χ2v) is 5.31. The maximum Gasteiger partial charge on any atom is 0.0522 e. The van der Waals surface area contributed by atoms with E-state index in [9.17, 15) is 0 Å². The predicted molar refractivity (Wildman–Crippen MR) is 78.2 cm³/mol. The van der Waals surface area contributed by atoms with E-state index in [-0.39, 0.29) is 6.04 Å². The average Bonchev–Trinajstić information content (AvgIpc) is 2.78. The lowest BCUT2D eigenvalue weighted by Gasteiger charge is -2.16. The van der Waals surface area contributed by atoms with Crippen LogP contribution in [0, 0.1) is 0 Å². The second kappa shape index (κ2) is 6.39. The number of aryl methyl sites for hydroxylation is 1. The van der Waals surface area contributed by atoms with Gasteiger partial charge < -0.3 is 0 Å². The molecule has 102 valence electrons. The van der Waals surface area contributed by atoms with Crippen LogP contribution in [0.1, 0.15) is 11.1 Å². The average molecular weight is 299 g/mol. The Hall–Kier alpha value is -1.07. The number of hydrazine groups is 1. The van der Waals surface area contributed by atoms with Gasteiger partial charge in [-0.25, -0.2) is 0 Å². The summed E-state index contributed by atoms with van der Waals surface area (Å²) in [4.78, 5) is 0. The molecule has 4 nitrogen and oxygen atoms in total. The van der Waals surface area contributed by atoms with Crippen molar-refractivity contribution in [3.63, 3.8) is 0 Å². The zero-order chi connectivity index (χ0) is 13.8. The van der Waals surface area contributed by atoms with Crippen molar-refractivity contribution in [3.05, 3.63) is 51.8 Å². The van der Waals surface area contributed by atoms with Crippen molar-refractivity contribution in [2.75, 3.05) is 0 Å². The van der Waals surface area contributed by atoms with Crippen LogP contribution >= 0.6 is 23.2 Å². The van der Waals surface area contributed by atoms with Crippen molar-refractivity contribution in [3.8, 4) is 0 Å². The summed E-state index contributed by atoms with van der Waals surface area (Å²) in [7, 11) is 1.89. The summed E-state index contributed by atoms with van der Waals surface area (Å²) in [5.74, 6) is 5.61. The van der Waals surface area contributed by atoms with Gasteiger partial charge in [-0.05, 0) is 36.1 Å². The minimum absolute atomic E-state index is 0.0570. The van der Waals surface area contributed by atoms with Gasteiger partial charge in [0.15, 0.2) is 0 Å². The Kier molecular flexibility index (Phi) is 4.82. The Labute approximate surface area is 122 Å². The number of halogens is 2. The molecule has 0 saturated heterocycles. The number of aromatic nitrogens is 2. The van der Waals surface area contributed by atoms with E-state index in [2.05, 4.69) is 10.5 Å². The lowest BCUT2D eigenvalue weighted by molar-refractivity contribution is 0.522. The molecular formula is C13H16Cl2N4. The molecule has 2 rings (SSSR count). The molecular weight excluding hydrogens is 283 g/mol. The van der Waals surface area contributed by atoms with Gasteiger partial charge in [0.05, 0.1) is 6.20 Å². The van der Waals surface area contributed by atoms with Gasteiger partial charge in [0.1, 0.15) is 0 Å². The summed E-state index contributed by atoms with van der Waals surface area (Å²) in [5.41, 5.74) is 4.84. The number of nitrogens with two attached hydrogens (primary N) is 1. The van der Waals surface area contributed by atoms with Crippen LogP contribution in [-0.4, -0.2) is 15.8 Å². The summed E-state index contributed by atoms with van der Waals surface area (Å²) in [6.07, 6.45) is 5.24. The molecule has 3 N–H and O–H groups in total. The quantitative estimate of drug-likeness (QED) is 0.658. The molecule has 0 aliphatic rings. The van der Waals surface area contributed by atoms with Gasteiger partial charge in [-0.2, -0.15) is 5.10 Å². The third kappa shape index (κ3) is 3.70. The van der Waals surface area contributed by atoms with Crippen molar-refractivity contribution in [2.45, 2.75) is 18.9 Å². The van der Waals surface area contributed by atoms with Crippen molar-refractivity contribution < 1.29 is 0 Å². The normalized spacial score (nSPS) is 12.6. The lowest BCUT2D eigenvalue weighted by Crippen LogP contribution is -2.38. The smallest absolute Gasteiger partial charge is 0.0522 e. The molecule has 1 aromatic heterocycles. The zero-order valence-electron chi connectivity index (χ0n) is 10.6. The largest absolute Gasteiger partial charge is 0.276 e. The molecule has 0 aliphatic carbocycles. The molecule has 0 amide bonds. The minimum atomic E-state index is 0.0570. The molecule has 2 aromatic rings. The van der Waals surface area contributed by atoms with Gasteiger partial charge in [-0.3, -0.25) is 16.0 Å². The van der Waals surface area contributed by atoms with Crippen LogP contribution in [0.5, 0.6) is 0 Å². The first kappa shape index (κ1) is 14.3. The summed E-state index contributed by atoms with van der Waals surface area (Å²) in [5, 5.41) is 5.47. The zero-order valence-corrected chi connectivity index (χ0v) is 12.1. The van der Waals surface area contributed by atoms with Crippen LogP contribution in [0.2, 0.25) is 10.0 Å². The lowest BCUT2D eigenvalue weighted by atomic mass is 10.0. The molecule has 0 aliphatic heterocycles. The molecule has 0 fully saturated rings. The fraction of sp³-hybridized carbons (Fsp3) is 0.308. The molecule has 0 radical (unpaired) electrons. The van der Waals surface area contributed by atoms with E-state index in [4.69, 9.17) is 29.0 Å². The fourth-order valence-corrected chi connectivity index (χ4v) is 2.58. The third-order valence-electron chi connectivity index (χ3n) is 2.99. The highest BCUT2D eigenvalue weighted by atomic mass is 35.5. The van der Waals surface area contributed by atoms with E-state index in [1.807, 2.05) is 37.6 Å². The van der Waals surface area contributed by atoms with Gasteiger partial charge in [-0.15, -0.1) is 0 Å². The standard InChI is InChI=1S/C13H16Cl2N4/c1-19-8-9(7-17-19)5-10(18-16)6-11-12(14)3-2-4-13(11)15/h2-4,7-8,10,18H,5-6,16H2,1H3. The first-order chi connectivity index (χ1) is 9.10. The monoisotopic (exact) mass is 298 g/mol. The van der Waals surface area contributed by atoms with E-state index in [0.29, 0.717) is 16.5 Å². The summed E-state index contributed by atoms with van der Waals surface area (Å²) >= 11 is 12.3. The van der Waals surface area contributed by atoms with E-state index in [0.717, 1.165) is 17.5 Å². The Morgan fingerprint density at radius 2 is 2.00 bits per heavy atom. The maximum atomic E-state index is 6.17. The van der Waals surface area contributed by atoms with E-state index in [1.165, 1.54) is 0 Å². The molecule has 19 heavy (non-hydrogen) atoms. The highest BCUT2D eigenvalue weighted by Crippen LogP contribution is 2.26. The van der Waals surface area contributed by atoms with Gasteiger partial charge >= 0.3 is 0 Å². The van der Waals surface area contributed by atoms with Gasteiger partial charge in [0, 0.05) is 29.3 Å². The number of hydrogen-bond acceptors (Lipinski definition) is 3. The van der Waals surface area contributed by atoms with Crippen molar-refractivity contribution in [2.24, 2.45) is 12.9 Å². The summed E-state index contributed by atoms with van der Waals surface area (Å²) in [6, 6.07) is 5.56. The number of benzene rings is 1. The molecule has 1 unspecified atom stereocenters. The molecule has 1 atom stereocenters. The first-order valence-electron chi connectivity index (χ1n) is 5.96. The summed E-state index contributed by atoms with van der Waals surface area (Å²) < 4.78 is 1.77. The van der Waals surface area contributed by atoms with Crippen LogP contribution < -0.4 is 11.3 Å². The van der Waals surface area contributed by atoms with Crippen molar-refractivity contribution >= 4 is 23.2 Å². The van der Waals surface area contributed by atoms with Crippen LogP contribution in [0.15, 0.2) is 30.6 Å². The van der Waals surface area contributed by atoms with E-state index in [1.54, 1.807) is 4.68 Å². The highest BCUT2D eigenvalue weighted by molar-refractivity contribution is 6.36. The molecule has 1 heterocycles. The number of nitrogens with one attached hydrogen (secondary N) is 1. The topological polar surface area (TPSA) is 55.9 Å². The number of hydrogen-bond donors (Lipinski definition) is 2.